The van der Waals surface area contributed by atoms with Crippen molar-refractivity contribution >= 4 is 94.8 Å². The van der Waals surface area contributed by atoms with Crippen LogP contribution in [0.3, 0.4) is 0 Å². The first-order valence-electron chi connectivity index (χ1n) is 21.2. The summed E-state index contributed by atoms with van der Waals surface area (Å²) in [5.41, 5.74) is -2.26. The largest absolute Gasteiger partial charge is 0.478 e. The lowest BCUT2D eigenvalue weighted by molar-refractivity contribution is -0.140. The average molecular weight is 1120 g/mol. The van der Waals surface area contributed by atoms with Crippen LogP contribution >= 0.6 is 22.7 Å². The summed E-state index contributed by atoms with van der Waals surface area (Å²) < 4.78 is 191. The number of nitrogens with one attached hydrogen (secondary N) is 1. The van der Waals surface area contributed by atoms with Crippen LogP contribution in [0.2, 0.25) is 0 Å². The molecule has 0 fully saturated rings. The van der Waals surface area contributed by atoms with E-state index in [1.54, 1.807) is 67.1 Å². The minimum Gasteiger partial charge on any atom is -0.478 e. The maximum atomic E-state index is 13.9. The molecule has 0 aliphatic carbocycles. The number of sulfonamides is 3. The molecule has 2 N–H and O–H groups in total. The van der Waals surface area contributed by atoms with Crippen LogP contribution in [0.4, 0.5) is 45.1 Å². The quantitative estimate of drug-likeness (QED) is 0.106. The minimum atomic E-state index is -4.99. The number of anilines is 2. The molecule has 8 aromatic rings. The second-order valence-electron chi connectivity index (χ2n) is 16.3. The SMILES string of the molecule is Cc1c(N(Cc2ccc(F)c(C(F)(F)F)c2)S(=O)(=O)c2ccc(C(=O)NS(C)(=O)=O)cc2)sc2ccccc12.Cc1c(N(Cc2ccc(F)c(C(F)(F)F)c2)S(=O)(=O)c2ccc(C(=O)O)cc2)sc2ccccc12. The van der Waals surface area contributed by atoms with Crippen molar-refractivity contribution in [3.63, 3.8) is 0 Å². The number of thiophene rings is 2. The summed E-state index contributed by atoms with van der Waals surface area (Å²) in [7, 11) is -12.6. The number of fused-ring (bicyclic) bond motifs is 2. The van der Waals surface area contributed by atoms with Gasteiger partial charge in [-0.15, -0.1) is 22.7 Å². The van der Waals surface area contributed by atoms with Gasteiger partial charge in [-0.25, -0.2) is 43.6 Å². The molecule has 388 valence electrons. The summed E-state index contributed by atoms with van der Waals surface area (Å²) in [5.74, 6) is -5.15. The van der Waals surface area contributed by atoms with Crippen molar-refractivity contribution in [1.29, 1.82) is 0 Å². The van der Waals surface area contributed by atoms with Crippen LogP contribution in [0.5, 0.6) is 0 Å². The molecule has 2 aromatic heterocycles. The first kappa shape index (κ1) is 54.8. The lowest BCUT2D eigenvalue weighted by Gasteiger charge is -2.25. The predicted molar refractivity (Wildman–Crippen MR) is 265 cm³/mol. The number of alkyl halides is 6. The first-order chi connectivity index (χ1) is 34.5. The number of amides is 1. The topological polar surface area (TPSA) is 175 Å². The molecule has 25 heteroatoms. The molecular formula is C49H37F8N3O9S5. The van der Waals surface area contributed by atoms with E-state index in [4.69, 9.17) is 5.11 Å². The molecule has 0 unspecified atom stereocenters. The van der Waals surface area contributed by atoms with E-state index in [-0.39, 0.29) is 42.0 Å². The number of carbonyl (C=O) groups excluding carboxylic acids is 1. The monoisotopic (exact) mass is 1120 g/mol. The van der Waals surface area contributed by atoms with Crippen LogP contribution in [-0.2, 0) is 55.5 Å². The van der Waals surface area contributed by atoms with Crippen molar-refractivity contribution < 1.29 is 75.1 Å². The van der Waals surface area contributed by atoms with Crippen molar-refractivity contribution in [3.8, 4) is 0 Å². The van der Waals surface area contributed by atoms with Gasteiger partial charge >= 0.3 is 18.3 Å². The van der Waals surface area contributed by atoms with Crippen molar-refractivity contribution in [1.82, 2.24) is 4.72 Å². The lowest BCUT2D eigenvalue weighted by Crippen LogP contribution is -2.31. The fraction of sp³-hybridized carbons (Fsp3) is 0.143. The third-order valence-electron chi connectivity index (χ3n) is 11.1. The van der Waals surface area contributed by atoms with Gasteiger partial charge in [-0.05, 0) is 132 Å². The maximum absolute atomic E-state index is 13.9. The number of carbonyl (C=O) groups is 2. The van der Waals surface area contributed by atoms with Crippen LogP contribution in [0.25, 0.3) is 20.2 Å². The second-order valence-corrected chi connectivity index (χ2v) is 23.8. The van der Waals surface area contributed by atoms with Crippen LogP contribution in [0.15, 0.2) is 143 Å². The Morgan fingerprint density at radius 1 is 0.554 bits per heavy atom. The summed E-state index contributed by atoms with van der Waals surface area (Å²) in [4.78, 5) is 22.8. The number of halogens is 8. The normalized spacial score (nSPS) is 12.3. The molecule has 2 heterocycles. The average Bonchev–Trinajstić information content (AvgIpc) is 3.84. The van der Waals surface area contributed by atoms with Crippen molar-refractivity contribution in [2.75, 3.05) is 14.9 Å². The Morgan fingerprint density at radius 2 is 0.919 bits per heavy atom. The van der Waals surface area contributed by atoms with Gasteiger partial charge in [-0.3, -0.25) is 13.4 Å². The number of aromatic carboxylic acids is 1. The standard InChI is InChI=1S/C25H20F4N2O5S3.C24H17F4NO4S2/c1-15-19-5-3-4-6-22(19)37-24(15)31(14-16-7-12-21(26)20(13-16)25(27,28)29)39(35,36)18-10-8-17(9-11-18)23(32)30-38(2,33)34;1-14-18-4-2-3-5-21(18)34-22(14)29(13-15-6-11-20(25)19(12-15)24(26,27)28)35(32,33)17-9-7-16(8-10-17)23(30)31/h3-13H,14H2,1-2H3,(H,30,32);2-12H,13H2,1H3,(H,30,31). The van der Waals surface area contributed by atoms with E-state index < -0.39 is 90.1 Å². The minimum absolute atomic E-state index is 0.0682. The highest BCUT2D eigenvalue weighted by Crippen LogP contribution is 2.43. The van der Waals surface area contributed by atoms with E-state index in [0.29, 0.717) is 35.4 Å². The maximum Gasteiger partial charge on any atom is 0.419 e. The molecule has 0 saturated heterocycles. The Hall–Kier alpha value is -6.93. The van der Waals surface area contributed by atoms with E-state index in [2.05, 4.69) is 0 Å². The van der Waals surface area contributed by atoms with Gasteiger partial charge in [0, 0.05) is 15.0 Å². The summed E-state index contributed by atoms with van der Waals surface area (Å²) in [6, 6.07) is 27.8. The van der Waals surface area contributed by atoms with Gasteiger partial charge < -0.3 is 5.11 Å². The third kappa shape index (κ3) is 11.9. The number of aryl methyl sites for hydroxylation is 2. The molecule has 0 saturated carbocycles. The molecule has 8 rings (SSSR count). The van der Waals surface area contributed by atoms with Gasteiger partial charge in [-0.2, -0.15) is 26.3 Å². The lowest BCUT2D eigenvalue weighted by atomic mass is 10.1. The van der Waals surface area contributed by atoms with Crippen molar-refractivity contribution in [2.45, 2.75) is 49.1 Å². The fourth-order valence-electron chi connectivity index (χ4n) is 7.47. The Balaban J connectivity index is 0.000000217. The Kier molecular flexibility index (Phi) is 15.4. The number of rotatable bonds is 13. The van der Waals surface area contributed by atoms with E-state index in [9.17, 15) is 70.0 Å². The number of hydrogen-bond acceptors (Lipinski definition) is 10. The smallest absolute Gasteiger partial charge is 0.419 e. The molecule has 0 atom stereocenters. The van der Waals surface area contributed by atoms with Gasteiger partial charge in [0.05, 0.1) is 45.8 Å². The zero-order chi connectivity index (χ0) is 54.3. The zero-order valence-electron chi connectivity index (χ0n) is 38.3. The zero-order valence-corrected chi connectivity index (χ0v) is 42.4. The Morgan fingerprint density at radius 3 is 1.26 bits per heavy atom. The number of carboxylic acids is 1. The molecule has 1 amide bonds. The number of carboxylic acid groups (broad SMARTS) is 1. The Labute approximate surface area is 425 Å². The summed E-state index contributed by atoms with van der Waals surface area (Å²) >= 11 is 2.27. The molecule has 6 aromatic carbocycles. The highest BCUT2D eigenvalue weighted by molar-refractivity contribution is 7.93. The molecule has 0 bridgehead atoms. The van der Waals surface area contributed by atoms with E-state index >= 15 is 0 Å². The highest BCUT2D eigenvalue weighted by Gasteiger charge is 2.37. The summed E-state index contributed by atoms with van der Waals surface area (Å²) in [5, 5.41) is 11.2. The molecule has 12 nitrogen and oxygen atoms in total. The van der Waals surface area contributed by atoms with Gasteiger partial charge in [0.15, 0.2) is 0 Å². The van der Waals surface area contributed by atoms with Gasteiger partial charge in [0.1, 0.15) is 21.6 Å². The van der Waals surface area contributed by atoms with E-state index in [1.165, 1.54) is 0 Å². The number of nitrogens with zero attached hydrogens (tertiary/aromatic N) is 2. The molecule has 0 aliphatic heterocycles. The third-order valence-corrected chi connectivity index (χ3v) is 18.0. The number of hydrogen-bond donors (Lipinski definition) is 2. The van der Waals surface area contributed by atoms with Crippen LogP contribution in [0.1, 0.15) is 54.1 Å². The summed E-state index contributed by atoms with van der Waals surface area (Å²) in [6.07, 6.45) is -9.15. The predicted octanol–water partition coefficient (Wildman–Crippen LogP) is 11.9. The van der Waals surface area contributed by atoms with Gasteiger partial charge in [0.2, 0.25) is 10.0 Å². The molecule has 0 aliphatic rings. The molecule has 0 radical (unpaired) electrons. The van der Waals surface area contributed by atoms with Gasteiger partial charge in [0.25, 0.3) is 26.0 Å². The Bertz CT molecular complexity index is 3810. The van der Waals surface area contributed by atoms with Crippen LogP contribution in [0, 0.1) is 25.5 Å². The van der Waals surface area contributed by atoms with E-state index in [1.807, 2.05) is 0 Å². The summed E-state index contributed by atoms with van der Waals surface area (Å²) in [6.45, 7) is 2.34. The van der Waals surface area contributed by atoms with Crippen molar-refractivity contribution in [3.05, 3.63) is 190 Å². The fourth-order valence-corrected chi connectivity index (χ4v) is 13.8. The highest BCUT2D eigenvalue weighted by atomic mass is 32.2. The van der Waals surface area contributed by atoms with Crippen LogP contribution < -0.4 is 13.3 Å². The van der Waals surface area contributed by atoms with Crippen LogP contribution in [-0.4, -0.2) is 48.5 Å². The first-order valence-corrected chi connectivity index (χ1v) is 27.6. The molecular weight excluding hydrogens is 1090 g/mol. The van der Waals surface area contributed by atoms with E-state index in [0.717, 1.165) is 118 Å². The second kappa shape index (κ2) is 20.8. The van der Waals surface area contributed by atoms with Gasteiger partial charge in [-0.1, -0.05) is 48.5 Å². The van der Waals surface area contributed by atoms with Crippen molar-refractivity contribution in [2.24, 2.45) is 0 Å². The molecule has 74 heavy (non-hydrogen) atoms. The number of benzene rings is 6. The molecule has 0 spiro atoms.